The molecule has 4 rings (SSSR count). The van der Waals surface area contributed by atoms with Crippen molar-refractivity contribution >= 4 is 27.9 Å². The third-order valence-electron chi connectivity index (χ3n) is 5.46. The van der Waals surface area contributed by atoms with Gasteiger partial charge in [0.2, 0.25) is 0 Å². The van der Waals surface area contributed by atoms with E-state index in [1.165, 1.54) is 4.90 Å². The largest absolute Gasteiger partial charge is 0.490 e. The van der Waals surface area contributed by atoms with Crippen LogP contribution in [0.2, 0.25) is 0 Å². The fourth-order valence-corrected chi connectivity index (χ4v) is 4.59. The number of nitrogens with zero attached hydrogens (tertiary/aromatic N) is 1. The summed E-state index contributed by atoms with van der Waals surface area (Å²) in [6.45, 7) is 4.96. The molecule has 0 saturated carbocycles. The summed E-state index contributed by atoms with van der Waals surface area (Å²) in [4.78, 5) is 27.4. The predicted molar refractivity (Wildman–Crippen MR) is 112 cm³/mol. The van der Waals surface area contributed by atoms with Crippen molar-refractivity contribution in [3.05, 3.63) is 57.6 Å². The van der Waals surface area contributed by atoms with Crippen LogP contribution < -0.4 is 14.8 Å². The number of imide groups is 1. The van der Waals surface area contributed by atoms with Gasteiger partial charge in [0.1, 0.15) is 5.54 Å². The number of rotatable bonds is 6. The molecule has 152 valence electrons. The van der Waals surface area contributed by atoms with Crippen LogP contribution in [-0.2, 0) is 23.3 Å². The summed E-state index contributed by atoms with van der Waals surface area (Å²) >= 11 is 3.55. The summed E-state index contributed by atoms with van der Waals surface area (Å²) in [6, 6.07) is 11.1. The third-order valence-corrected chi connectivity index (χ3v) is 6.20. The highest BCUT2D eigenvalue weighted by Gasteiger charge is 2.55. The molecule has 0 aromatic heterocycles. The van der Waals surface area contributed by atoms with Gasteiger partial charge >= 0.3 is 6.03 Å². The Kier molecular flexibility index (Phi) is 5.25. The number of halogens is 1. The highest BCUT2D eigenvalue weighted by molar-refractivity contribution is 9.10. The van der Waals surface area contributed by atoms with Crippen LogP contribution in [-0.4, -0.2) is 30.1 Å². The fourth-order valence-electron chi connectivity index (χ4n) is 4.14. The molecule has 1 spiro atoms. The minimum atomic E-state index is -0.950. The Labute approximate surface area is 178 Å². The Hall–Kier alpha value is -2.54. The Morgan fingerprint density at radius 2 is 1.79 bits per heavy atom. The van der Waals surface area contributed by atoms with Crippen molar-refractivity contribution in [2.75, 3.05) is 13.2 Å². The lowest BCUT2D eigenvalue weighted by Gasteiger charge is -2.22. The van der Waals surface area contributed by atoms with Gasteiger partial charge in [-0.25, -0.2) is 4.79 Å². The first-order chi connectivity index (χ1) is 14.0. The molecule has 2 aromatic carbocycles. The van der Waals surface area contributed by atoms with Gasteiger partial charge < -0.3 is 14.8 Å². The molecule has 1 atom stereocenters. The molecule has 1 aliphatic carbocycles. The lowest BCUT2D eigenvalue weighted by molar-refractivity contribution is -0.132. The lowest BCUT2D eigenvalue weighted by Crippen LogP contribution is -2.41. The van der Waals surface area contributed by atoms with E-state index in [1.807, 2.05) is 50.2 Å². The molecule has 2 aliphatic rings. The van der Waals surface area contributed by atoms with Crippen LogP contribution in [0, 0.1) is 0 Å². The van der Waals surface area contributed by atoms with E-state index in [2.05, 4.69) is 21.2 Å². The standard InChI is InChI=1S/C22H23BrN2O4/c1-3-28-18-11-15(17(23)12-19(18)29-4-2)13-25-20(26)22(24-21(25)27)10-9-14-7-5-6-8-16(14)22/h5-8,11-12H,3-4,9-10,13H2,1-2H3,(H,24,27). The summed E-state index contributed by atoms with van der Waals surface area (Å²) in [5.41, 5.74) is 1.85. The summed E-state index contributed by atoms with van der Waals surface area (Å²) in [6.07, 6.45) is 1.36. The van der Waals surface area contributed by atoms with Crippen LogP contribution in [0.3, 0.4) is 0 Å². The number of hydrogen-bond donors (Lipinski definition) is 1. The minimum Gasteiger partial charge on any atom is -0.490 e. The number of ether oxygens (including phenoxy) is 2. The molecular formula is C22H23BrN2O4. The van der Waals surface area contributed by atoms with Gasteiger partial charge in [0, 0.05) is 4.47 Å². The quantitative estimate of drug-likeness (QED) is 0.660. The number of carbonyl (C=O) groups is 2. The van der Waals surface area contributed by atoms with E-state index in [1.54, 1.807) is 0 Å². The number of fused-ring (bicyclic) bond motifs is 2. The molecule has 7 heteroatoms. The number of hydrogen-bond acceptors (Lipinski definition) is 4. The lowest BCUT2D eigenvalue weighted by atomic mass is 9.92. The van der Waals surface area contributed by atoms with E-state index >= 15 is 0 Å². The molecule has 1 fully saturated rings. The molecule has 2 aromatic rings. The van der Waals surface area contributed by atoms with Gasteiger partial charge in [-0.3, -0.25) is 9.69 Å². The van der Waals surface area contributed by atoms with Crippen molar-refractivity contribution < 1.29 is 19.1 Å². The van der Waals surface area contributed by atoms with E-state index in [4.69, 9.17) is 9.47 Å². The second-order valence-corrected chi connectivity index (χ2v) is 7.99. The van der Waals surface area contributed by atoms with Crippen molar-refractivity contribution in [3.8, 4) is 11.5 Å². The van der Waals surface area contributed by atoms with Crippen molar-refractivity contribution in [2.24, 2.45) is 0 Å². The first kappa shape index (κ1) is 19.8. The maximum atomic E-state index is 13.4. The molecular weight excluding hydrogens is 436 g/mol. The Morgan fingerprint density at radius 3 is 2.52 bits per heavy atom. The van der Waals surface area contributed by atoms with Gasteiger partial charge in [-0.1, -0.05) is 40.2 Å². The molecule has 0 bridgehead atoms. The molecule has 6 nitrogen and oxygen atoms in total. The van der Waals surface area contributed by atoms with Gasteiger partial charge in [-0.05, 0) is 55.5 Å². The monoisotopic (exact) mass is 458 g/mol. The van der Waals surface area contributed by atoms with Crippen molar-refractivity contribution in [1.82, 2.24) is 10.2 Å². The average Bonchev–Trinajstić information content (AvgIpc) is 3.19. The van der Waals surface area contributed by atoms with Crippen LogP contribution in [0.1, 0.15) is 37.0 Å². The summed E-state index contributed by atoms with van der Waals surface area (Å²) in [7, 11) is 0. The van der Waals surface area contributed by atoms with Gasteiger partial charge in [0.05, 0.1) is 19.8 Å². The van der Waals surface area contributed by atoms with Crippen LogP contribution >= 0.6 is 15.9 Å². The minimum absolute atomic E-state index is 0.154. The number of urea groups is 1. The Bertz CT molecular complexity index is 977. The Balaban J connectivity index is 1.65. The van der Waals surface area contributed by atoms with E-state index in [9.17, 15) is 9.59 Å². The average molecular weight is 459 g/mol. The van der Waals surface area contributed by atoms with E-state index in [-0.39, 0.29) is 18.5 Å². The summed E-state index contributed by atoms with van der Waals surface area (Å²) in [5, 5.41) is 2.96. The predicted octanol–water partition coefficient (Wildman–Crippen LogP) is 4.14. The van der Waals surface area contributed by atoms with Crippen LogP contribution in [0.4, 0.5) is 4.79 Å². The van der Waals surface area contributed by atoms with Crippen molar-refractivity contribution in [3.63, 3.8) is 0 Å². The highest BCUT2D eigenvalue weighted by atomic mass is 79.9. The topological polar surface area (TPSA) is 67.9 Å². The van der Waals surface area contributed by atoms with Gasteiger partial charge in [0.25, 0.3) is 5.91 Å². The molecule has 0 radical (unpaired) electrons. The van der Waals surface area contributed by atoms with Crippen LogP contribution in [0.25, 0.3) is 0 Å². The van der Waals surface area contributed by atoms with Crippen molar-refractivity contribution in [1.29, 1.82) is 0 Å². The zero-order chi connectivity index (χ0) is 20.6. The van der Waals surface area contributed by atoms with E-state index in [0.717, 1.165) is 27.6 Å². The normalized spacial score (nSPS) is 20.2. The molecule has 1 heterocycles. The molecule has 1 N–H and O–H groups in total. The molecule has 1 saturated heterocycles. The SMILES string of the molecule is CCOc1cc(Br)c(CN2C(=O)NC3(CCc4ccccc43)C2=O)cc1OCC. The van der Waals surface area contributed by atoms with Gasteiger partial charge in [0.15, 0.2) is 11.5 Å². The van der Waals surface area contributed by atoms with Crippen molar-refractivity contribution in [2.45, 2.75) is 38.8 Å². The maximum absolute atomic E-state index is 13.4. The number of amides is 3. The van der Waals surface area contributed by atoms with Gasteiger partial charge in [-0.15, -0.1) is 0 Å². The molecule has 3 amide bonds. The number of nitrogens with one attached hydrogen (secondary N) is 1. The number of aryl methyl sites for hydroxylation is 1. The van der Waals surface area contributed by atoms with Gasteiger partial charge in [-0.2, -0.15) is 0 Å². The first-order valence-electron chi connectivity index (χ1n) is 9.80. The fraction of sp³-hybridized carbons (Fsp3) is 0.364. The number of carbonyl (C=O) groups excluding carboxylic acids is 2. The molecule has 1 unspecified atom stereocenters. The first-order valence-corrected chi connectivity index (χ1v) is 10.6. The third kappa shape index (κ3) is 3.27. The number of benzene rings is 2. The zero-order valence-electron chi connectivity index (χ0n) is 16.5. The second-order valence-electron chi connectivity index (χ2n) is 7.14. The van der Waals surface area contributed by atoms with Crippen LogP contribution in [0.5, 0.6) is 11.5 Å². The van der Waals surface area contributed by atoms with Crippen LogP contribution in [0.15, 0.2) is 40.9 Å². The molecule has 1 aliphatic heterocycles. The highest BCUT2D eigenvalue weighted by Crippen LogP contribution is 2.42. The maximum Gasteiger partial charge on any atom is 0.325 e. The Morgan fingerprint density at radius 1 is 1.10 bits per heavy atom. The van der Waals surface area contributed by atoms with E-state index in [0.29, 0.717) is 31.1 Å². The zero-order valence-corrected chi connectivity index (χ0v) is 18.0. The smallest absolute Gasteiger partial charge is 0.325 e. The van der Waals surface area contributed by atoms with E-state index < -0.39 is 5.54 Å². The summed E-state index contributed by atoms with van der Waals surface area (Å²) < 4.78 is 12.1. The summed E-state index contributed by atoms with van der Waals surface area (Å²) in [5.74, 6) is 1.02. The second kappa shape index (κ2) is 7.71. The molecule has 29 heavy (non-hydrogen) atoms.